The van der Waals surface area contributed by atoms with E-state index >= 15 is 0 Å². The number of unbranched alkanes of at least 4 members (excludes halogenated alkanes) is 19. The van der Waals surface area contributed by atoms with E-state index in [1.807, 2.05) is 0 Å². The molecule has 182 valence electrons. The van der Waals surface area contributed by atoms with Gasteiger partial charge in [0.05, 0.1) is 27.2 Å². The first-order chi connectivity index (χ1) is 14.5. The van der Waals surface area contributed by atoms with E-state index in [-0.39, 0.29) is 0 Å². The monoisotopic (exact) mass is 424 g/mol. The van der Waals surface area contributed by atoms with Gasteiger partial charge in [0, 0.05) is 0 Å². The molecular weight excluding hydrogens is 362 g/mol. The molecule has 0 heterocycles. The fourth-order valence-electron chi connectivity index (χ4n) is 4.83. The van der Waals surface area contributed by atoms with Crippen LogP contribution in [0.4, 0.5) is 0 Å². The smallest absolute Gasteiger partial charge is 0.0884 e. The normalized spacial score (nSPS) is 13.1. The summed E-state index contributed by atoms with van der Waals surface area (Å²) in [5, 5.41) is 0. The van der Waals surface area contributed by atoms with Gasteiger partial charge in [0.25, 0.3) is 0 Å². The van der Waals surface area contributed by atoms with Crippen LogP contribution in [0.15, 0.2) is 0 Å². The molecule has 0 N–H and O–H groups in total. The Balaban J connectivity index is 3.59. The van der Waals surface area contributed by atoms with Crippen LogP contribution in [0, 0.1) is 0 Å². The first kappa shape index (κ1) is 30.0. The highest BCUT2D eigenvalue weighted by Crippen LogP contribution is 2.21. The molecule has 0 radical (unpaired) electrons. The predicted molar refractivity (Wildman–Crippen MR) is 139 cm³/mol. The van der Waals surface area contributed by atoms with E-state index in [0.717, 1.165) is 10.5 Å². The SMILES string of the molecule is CCCCCCCCCCCCCC(CCCCCCCCCCCC)[N+](C)(C)C. The second kappa shape index (κ2) is 22.2. The van der Waals surface area contributed by atoms with Crippen molar-refractivity contribution in [1.82, 2.24) is 0 Å². The van der Waals surface area contributed by atoms with Crippen molar-refractivity contribution in [3.05, 3.63) is 0 Å². The van der Waals surface area contributed by atoms with Crippen LogP contribution in [0.1, 0.15) is 162 Å². The zero-order chi connectivity index (χ0) is 22.3. The molecule has 0 aromatic rings. The van der Waals surface area contributed by atoms with E-state index in [1.54, 1.807) is 0 Å². The van der Waals surface area contributed by atoms with Crippen molar-refractivity contribution in [1.29, 1.82) is 0 Å². The third kappa shape index (κ3) is 21.2. The molecule has 0 aliphatic heterocycles. The highest BCUT2D eigenvalue weighted by molar-refractivity contribution is 4.60. The quantitative estimate of drug-likeness (QED) is 0.107. The van der Waals surface area contributed by atoms with Gasteiger partial charge in [-0.15, -0.1) is 0 Å². The van der Waals surface area contributed by atoms with Crippen molar-refractivity contribution in [2.45, 2.75) is 168 Å². The molecule has 0 amide bonds. The summed E-state index contributed by atoms with van der Waals surface area (Å²) in [6, 6.07) is 0.873. The third-order valence-corrected chi connectivity index (χ3v) is 7.13. The Bertz CT molecular complexity index is 317. The molecule has 0 saturated heterocycles. The molecule has 1 unspecified atom stereocenters. The molecule has 0 aliphatic carbocycles. The zero-order valence-corrected chi connectivity index (χ0v) is 22.3. The number of nitrogens with zero attached hydrogens (tertiary/aromatic N) is 1. The largest absolute Gasteiger partial charge is 0.328 e. The average molecular weight is 425 g/mol. The first-order valence-electron chi connectivity index (χ1n) is 14.3. The van der Waals surface area contributed by atoms with Crippen molar-refractivity contribution in [2.75, 3.05) is 21.1 Å². The van der Waals surface area contributed by atoms with Crippen LogP contribution >= 0.6 is 0 Å². The summed E-state index contributed by atoms with van der Waals surface area (Å²) in [5.74, 6) is 0. The molecule has 0 aliphatic rings. The minimum atomic E-state index is 0.873. The standard InChI is InChI=1S/C29H62N/c1-6-8-10-12-14-16-18-20-22-24-26-28-29(30(3,4)5)27-25-23-21-19-17-15-13-11-9-7-2/h29H,6-28H2,1-5H3/q+1. The van der Waals surface area contributed by atoms with Gasteiger partial charge in [-0.05, 0) is 25.7 Å². The van der Waals surface area contributed by atoms with Gasteiger partial charge < -0.3 is 4.48 Å². The fraction of sp³-hybridized carbons (Fsp3) is 1.00. The molecule has 1 heteroatoms. The van der Waals surface area contributed by atoms with Crippen LogP contribution in [0.3, 0.4) is 0 Å². The van der Waals surface area contributed by atoms with Crippen LogP contribution in [-0.4, -0.2) is 31.7 Å². The molecule has 0 fully saturated rings. The Labute approximate surface area is 193 Å². The number of quaternary nitrogens is 1. The molecule has 1 nitrogen and oxygen atoms in total. The number of rotatable bonds is 24. The van der Waals surface area contributed by atoms with Crippen molar-refractivity contribution >= 4 is 0 Å². The topological polar surface area (TPSA) is 0 Å². The zero-order valence-electron chi connectivity index (χ0n) is 22.3. The van der Waals surface area contributed by atoms with Gasteiger partial charge in [-0.3, -0.25) is 0 Å². The second-order valence-electron chi connectivity index (χ2n) is 11.1. The van der Waals surface area contributed by atoms with E-state index in [2.05, 4.69) is 35.0 Å². The van der Waals surface area contributed by atoms with Crippen molar-refractivity contribution in [3.63, 3.8) is 0 Å². The lowest BCUT2D eigenvalue weighted by Crippen LogP contribution is -2.45. The summed E-state index contributed by atoms with van der Waals surface area (Å²) in [4.78, 5) is 0. The van der Waals surface area contributed by atoms with E-state index in [0.29, 0.717) is 0 Å². The summed E-state index contributed by atoms with van der Waals surface area (Å²) < 4.78 is 1.16. The van der Waals surface area contributed by atoms with E-state index in [4.69, 9.17) is 0 Å². The minimum absolute atomic E-state index is 0.873. The Morgan fingerprint density at radius 2 is 0.600 bits per heavy atom. The van der Waals surface area contributed by atoms with E-state index in [1.165, 1.54) is 148 Å². The van der Waals surface area contributed by atoms with E-state index in [9.17, 15) is 0 Å². The molecule has 0 spiro atoms. The lowest BCUT2D eigenvalue weighted by Gasteiger charge is -2.34. The summed E-state index contributed by atoms with van der Waals surface area (Å²) in [7, 11) is 7.25. The average Bonchev–Trinajstić information content (AvgIpc) is 2.70. The molecular formula is C29H62N+. The van der Waals surface area contributed by atoms with Crippen molar-refractivity contribution < 1.29 is 4.48 Å². The Kier molecular flexibility index (Phi) is 22.1. The van der Waals surface area contributed by atoms with Crippen LogP contribution in [0.2, 0.25) is 0 Å². The molecule has 30 heavy (non-hydrogen) atoms. The molecule has 1 atom stereocenters. The maximum absolute atomic E-state index is 2.42. The van der Waals surface area contributed by atoms with Crippen LogP contribution in [-0.2, 0) is 0 Å². The van der Waals surface area contributed by atoms with Gasteiger partial charge in [0.2, 0.25) is 0 Å². The number of hydrogen-bond donors (Lipinski definition) is 0. The Hall–Kier alpha value is -0.0400. The lowest BCUT2D eigenvalue weighted by molar-refractivity contribution is -0.896. The number of hydrogen-bond acceptors (Lipinski definition) is 0. The van der Waals surface area contributed by atoms with Crippen LogP contribution in [0.25, 0.3) is 0 Å². The Morgan fingerprint density at radius 1 is 0.367 bits per heavy atom. The molecule has 0 aromatic heterocycles. The van der Waals surface area contributed by atoms with Gasteiger partial charge >= 0.3 is 0 Å². The maximum Gasteiger partial charge on any atom is 0.0884 e. The molecule has 0 aromatic carbocycles. The van der Waals surface area contributed by atoms with Crippen molar-refractivity contribution in [2.24, 2.45) is 0 Å². The van der Waals surface area contributed by atoms with Gasteiger partial charge in [0.1, 0.15) is 0 Å². The van der Waals surface area contributed by atoms with Gasteiger partial charge in [-0.1, -0.05) is 136 Å². The maximum atomic E-state index is 2.42. The van der Waals surface area contributed by atoms with E-state index < -0.39 is 0 Å². The highest BCUT2D eigenvalue weighted by atomic mass is 15.3. The lowest BCUT2D eigenvalue weighted by atomic mass is 9.98. The summed E-state index contributed by atoms with van der Waals surface area (Å²) in [5.41, 5.74) is 0. The second-order valence-corrected chi connectivity index (χ2v) is 11.1. The summed E-state index contributed by atoms with van der Waals surface area (Å²) in [6.45, 7) is 4.61. The predicted octanol–water partition coefficient (Wildman–Crippen LogP) is 10.1. The minimum Gasteiger partial charge on any atom is -0.328 e. The van der Waals surface area contributed by atoms with Gasteiger partial charge in [-0.25, -0.2) is 0 Å². The van der Waals surface area contributed by atoms with Gasteiger partial charge in [-0.2, -0.15) is 0 Å². The molecule has 0 rings (SSSR count). The van der Waals surface area contributed by atoms with Crippen LogP contribution < -0.4 is 0 Å². The Morgan fingerprint density at radius 3 is 0.833 bits per heavy atom. The van der Waals surface area contributed by atoms with Gasteiger partial charge in [0.15, 0.2) is 0 Å². The molecule has 0 saturated carbocycles. The van der Waals surface area contributed by atoms with Crippen molar-refractivity contribution in [3.8, 4) is 0 Å². The summed E-state index contributed by atoms with van der Waals surface area (Å²) >= 11 is 0. The third-order valence-electron chi connectivity index (χ3n) is 7.13. The highest BCUT2D eigenvalue weighted by Gasteiger charge is 2.22. The fourth-order valence-corrected chi connectivity index (χ4v) is 4.83. The first-order valence-corrected chi connectivity index (χ1v) is 14.3. The van der Waals surface area contributed by atoms with Crippen LogP contribution in [0.5, 0.6) is 0 Å². The molecule has 0 bridgehead atoms. The summed E-state index contributed by atoms with van der Waals surface area (Å²) in [6.07, 6.45) is 33.4.